The standard InChI is InChI=1S/C22H22FN3O/c23-18-6-2-4-8-20(18)25-11-13-26(14-12-25)21(27)22(9-10-22)17-15-24-19-7-3-1-5-16(17)19/h1-8,15,24H,9-14H2. The summed E-state index contributed by atoms with van der Waals surface area (Å²) >= 11 is 0. The van der Waals surface area contributed by atoms with Crippen molar-refractivity contribution in [3.05, 3.63) is 66.1 Å². The van der Waals surface area contributed by atoms with E-state index in [0.717, 1.165) is 29.3 Å². The van der Waals surface area contributed by atoms with Crippen LogP contribution >= 0.6 is 0 Å². The molecule has 5 heteroatoms. The number of nitrogens with zero attached hydrogens (tertiary/aromatic N) is 2. The summed E-state index contributed by atoms with van der Waals surface area (Å²) in [7, 11) is 0. The minimum Gasteiger partial charge on any atom is -0.366 e. The van der Waals surface area contributed by atoms with Gasteiger partial charge in [-0.05, 0) is 36.6 Å². The molecule has 1 aliphatic carbocycles. The highest BCUT2D eigenvalue weighted by atomic mass is 19.1. The van der Waals surface area contributed by atoms with Gasteiger partial charge in [0.15, 0.2) is 0 Å². The molecule has 1 aliphatic heterocycles. The average Bonchev–Trinajstić information content (AvgIpc) is 3.40. The second-order valence-electron chi connectivity index (χ2n) is 7.56. The number of halogens is 1. The number of hydrogen-bond donors (Lipinski definition) is 1. The van der Waals surface area contributed by atoms with Gasteiger partial charge in [-0.15, -0.1) is 0 Å². The molecule has 0 bridgehead atoms. The fraction of sp³-hybridized carbons (Fsp3) is 0.318. The van der Waals surface area contributed by atoms with Crippen LogP contribution in [0.2, 0.25) is 0 Å². The van der Waals surface area contributed by atoms with Crippen LogP contribution in [-0.4, -0.2) is 42.0 Å². The van der Waals surface area contributed by atoms with Crippen LogP contribution in [0.4, 0.5) is 10.1 Å². The number of anilines is 1. The van der Waals surface area contributed by atoms with Gasteiger partial charge in [0, 0.05) is 43.3 Å². The molecular weight excluding hydrogens is 341 g/mol. The second-order valence-corrected chi connectivity index (χ2v) is 7.56. The van der Waals surface area contributed by atoms with Crippen molar-refractivity contribution < 1.29 is 9.18 Å². The Labute approximate surface area is 157 Å². The van der Waals surface area contributed by atoms with Gasteiger partial charge in [-0.25, -0.2) is 4.39 Å². The molecule has 0 radical (unpaired) electrons. The number of carbonyl (C=O) groups is 1. The third-order valence-corrected chi connectivity index (χ3v) is 6.02. The fourth-order valence-corrected chi connectivity index (χ4v) is 4.35. The van der Waals surface area contributed by atoms with Crippen molar-refractivity contribution in [2.24, 2.45) is 0 Å². The molecule has 0 spiro atoms. The number of fused-ring (bicyclic) bond motifs is 1. The molecule has 5 rings (SSSR count). The summed E-state index contributed by atoms with van der Waals surface area (Å²) in [6.45, 7) is 2.60. The monoisotopic (exact) mass is 363 g/mol. The number of rotatable bonds is 3. The lowest BCUT2D eigenvalue weighted by molar-refractivity contribution is -0.134. The zero-order valence-electron chi connectivity index (χ0n) is 15.1. The van der Waals surface area contributed by atoms with Crippen molar-refractivity contribution in [1.29, 1.82) is 0 Å². The maximum absolute atomic E-state index is 14.0. The molecule has 0 atom stereocenters. The molecule has 2 aliphatic rings. The number of aromatic amines is 1. The topological polar surface area (TPSA) is 39.3 Å². The Morgan fingerprint density at radius 2 is 1.67 bits per heavy atom. The first-order valence-electron chi connectivity index (χ1n) is 9.54. The lowest BCUT2D eigenvalue weighted by atomic mass is 9.93. The van der Waals surface area contributed by atoms with Crippen LogP contribution in [0.3, 0.4) is 0 Å². The summed E-state index contributed by atoms with van der Waals surface area (Å²) in [6.07, 6.45) is 3.81. The summed E-state index contributed by atoms with van der Waals surface area (Å²) < 4.78 is 14.0. The Bertz CT molecular complexity index is 999. The van der Waals surface area contributed by atoms with Crippen molar-refractivity contribution in [3.8, 4) is 0 Å². The predicted octanol–water partition coefficient (Wildman–Crippen LogP) is 3.69. The van der Waals surface area contributed by atoms with Crippen LogP contribution < -0.4 is 4.90 Å². The van der Waals surface area contributed by atoms with Gasteiger partial charge in [0.25, 0.3) is 0 Å². The summed E-state index contributed by atoms with van der Waals surface area (Å²) in [5, 5.41) is 1.15. The first kappa shape index (κ1) is 16.4. The number of amides is 1. The third-order valence-electron chi connectivity index (χ3n) is 6.02. The zero-order valence-corrected chi connectivity index (χ0v) is 15.1. The Morgan fingerprint density at radius 3 is 2.41 bits per heavy atom. The van der Waals surface area contributed by atoms with Crippen molar-refractivity contribution >= 4 is 22.5 Å². The first-order valence-corrected chi connectivity index (χ1v) is 9.54. The minimum atomic E-state index is -0.375. The number of H-pyrrole nitrogens is 1. The van der Waals surface area contributed by atoms with Gasteiger partial charge in [0.1, 0.15) is 5.82 Å². The molecule has 4 nitrogen and oxygen atoms in total. The summed E-state index contributed by atoms with van der Waals surface area (Å²) in [4.78, 5) is 20.7. The second kappa shape index (κ2) is 6.12. The van der Waals surface area contributed by atoms with Crippen LogP contribution in [0, 0.1) is 5.82 Å². The highest BCUT2D eigenvalue weighted by Gasteiger charge is 2.54. The lowest BCUT2D eigenvalue weighted by Crippen LogP contribution is -2.51. The molecule has 2 heterocycles. The van der Waals surface area contributed by atoms with E-state index in [0.29, 0.717) is 31.9 Å². The van der Waals surface area contributed by atoms with Crippen LogP contribution in [0.25, 0.3) is 10.9 Å². The maximum Gasteiger partial charge on any atom is 0.233 e. The van der Waals surface area contributed by atoms with Gasteiger partial charge in [-0.1, -0.05) is 30.3 Å². The fourth-order valence-electron chi connectivity index (χ4n) is 4.35. The van der Waals surface area contributed by atoms with E-state index in [4.69, 9.17) is 0 Å². The van der Waals surface area contributed by atoms with E-state index in [-0.39, 0.29) is 17.1 Å². The molecule has 1 saturated heterocycles. The molecule has 27 heavy (non-hydrogen) atoms. The smallest absolute Gasteiger partial charge is 0.233 e. The third kappa shape index (κ3) is 2.60. The van der Waals surface area contributed by atoms with E-state index >= 15 is 0 Å². The predicted molar refractivity (Wildman–Crippen MR) is 104 cm³/mol. The largest absolute Gasteiger partial charge is 0.366 e. The molecule has 1 N–H and O–H groups in total. The summed E-state index contributed by atoms with van der Waals surface area (Å²) in [5.74, 6) is 0.0233. The molecular formula is C22H22FN3O. The van der Waals surface area contributed by atoms with Crippen LogP contribution in [0.5, 0.6) is 0 Å². The molecule has 1 saturated carbocycles. The minimum absolute atomic E-state index is 0.199. The molecule has 2 fully saturated rings. The molecule has 1 aromatic heterocycles. The summed E-state index contributed by atoms with van der Waals surface area (Å²) in [5.41, 5.74) is 2.46. The lowest BCUT2D eigenvalue weighted by Gasteiger charge is -2.37. The number of para-hydroxylation sites is 2. The van der Waals surface area contributed by atoms with Crippen molar-refractivity contribution in [3.63, 3.8) is 0 Å². The van der Waals surface area contributed by atoms with E-state index in [2.05, 4.69) is 11.1 Å². The van der Waals surface area contributed by atoms with Gasteiger partial charge < -0.3 is 14.8 Å². The van der Waals surface area contributed by atoms with Crippen molar-refractivity contribution in [2.75, 3.05) is 31.1 Å². The van der Waals surface area contributed by atoms with Gasteiger partial charge in [-0.3, -0.25) is 4.79 Å². The highest BCUT2D eigenvalue weighted by molar-refractivity contribution is 5.97. The van der Waals surface area contributed by atoms with Crippen molar-refractivity contribution in [2.45, 2.75) is 18.3 Å². The molecule has 3 aromatic rings. The molecule has 1 amide bonds. The van der Waals surface area contributed by atoms with Gasteiger partial charge in [-0.2, -0.15) is 0 Å². The number of carbonyl (C=O) groups excluding carboxylic acids is 1. The Hall–Kier alpha value is -2.82. The molecule has 138 valence electrons. The van der Waals surface area contributed by atoms with Crippen molar-refractivity contribution in [1.82, 2.24) is 9.88 Å². The van der Waals surface area contributed by atoms with E-state index < -0.39 is 0 Å². The van der Waals surface area contributed by atoms with E-state index in [1.54, 1.807) is 12.1 Å². The van der Waals surface area contributed by atoms with Gasteiger partial charge in [0.05, 0.1) is 11.1 Å². The van der Waals surface area contributed by atoms with Crippen LogP contribution in [0.15, 0.2) is 54.7 Å². The highest BCUT2D eigenvalue weighted by Crippen LogP contribution is 2.51. The quantitative estimate of drug-likeness (QED) is 0.771. The van der Waals surface area contributed by atoms with E-state index in [1.165, 1.54) is 6.07 Å². The molecule has 0 unspecified atom stereocenters. The summed E-state index contributed by atoms with van der Waals surface area (Å²) in [6, 6.07) is 15.0. The van der Waals surface area contributed by atoms with Crippen LogP contribution in [0.1, 0.15) is 18.4 Å². The van der Waals surface area contributed by atoms with E-state index in [1.807, 2.05) is 40.3 Å². The maximum atomic E-state index is 14.0. The number of hydrogen-bond acceptors (Lipinski definition) is 2. The van der Waals surface area contributed by atoms with Gasteiger partial charge in [0.2, 0.25) is 5.91 Å². The normalized spacial score (nSPS) is 18.7. The number of aromatic nitrogens is 1. The number of piperazine rings is 1. The molecule has 2 aromatic carbocycles. The SMILES string of the molecule is O=C(N1CCN(c2ccccc2F)CC1)C1(c2c[nH]c3ccccc23)CC1. The Morgan fingerprint density at radius 1 is 0.963 bits per heavy atom. The van der Waals surface area contributed by atoms with E-state index in [9.17, 15) is 9.18 Å². The average molecular weight is 363 g/mol. The van der Waals surface area contributed by atoms with Crippen LogP contribution in [-0.2, 0) is 10.2 Å². The Balaban J connectivity index is 1.34. The first-order chi connectivity index (χ1) is 13.2. The Kier molecular flexibility index (Phi) is 3.71. The number of benzene rings is 2. The zero-order chi connectivity index (χ0) is 18.4. The van der Waals surface area contributed by atoms with Gasteiger partial charge >= 0.3 is 0 Å². The number of nitrogens with one attached hydrogen (secondary N) is 1.